The Kier molecular flexibility index (Phi) is 3.61. The smallest absolute Gasteiger partial charge is 0.268 e. The van der Waals surface area contributed by atoms with Gasteiger partial charge in [0.1, 0.15) is 0 Å². The number of carbonyl (C=O) groups excluding carboxylic acids is 2. The molecule has 88 valence electrons. The summed E-state index contributed by atoms with van der Waals surface area (Å²) in [5.74, 6) is -0.499. The SMILES string of the molecule is CNCN1C(=O)C=C(Sc2ccccc2)C1=O. The third-order valence-corrected chi connectivity index (χ3v) is 3.28. The summed E-state index contributed by atoms with van der Waals surface area (Å²) < 4.78 is 0. The maximum Gasteiger partial charge on any atom is 0.268 e. The number of hydrogen-bond donors (Lipinski definition) is 1. The second-order valence-electron chi connectivity index (χ2n) is 3.51. The van der Waals surface area contributed by atoms with Crippen LogP contribution in [0.2, 0.25) is 0 Å². The summed E-state index contributed by atoms with van der Waals surface area (Å²) in [6.07, 6.45) is 1.39. The van der Waals surface area contributed by atoms with Crippen molar-refractivity contribution in [1.29, 1.82) is 0 Å². The van der Waals surface area contributed by atoms with E-state index in [1.165, 1.54) is 22.7 Å². The van der Waals surface area contributed by atoms with E-state index in [-0.39, 0.29) is 18.5 Å². The third kappa shape index (κ3) is 2.57. The molecular weight excluding hydrogens is 236 g/mol. The molecule has 1 aromatic carbocycles. The fourth-order valence-electron chi connectivity index (χ4n) is 1.48. The molecule has 0 spiro atoms. The maximum atomic E-state index is 11.9. The first kappa shape index (κ1) is 11.9. The minimum absolute atomic E-state index is 0.238. The van der Waals surface area contributed by atoms with Gasteiger partial charge in [0.15, 0.2) is 0 Å². The summed E-state index contributed by atoms with van der Waals surface area (Å²) in [6, 6.07) is 9.52. The Labute approximate surface area is 104 Å². The van der Waals surface area contributed by atoms with Gasteiger partial charge in [0.2, 0.25) is 0 Å². The lowest BCUT2D eigenvalue weighted by atomic mass is 10.4. The zero-order valence-electron chi connectivity index (χ0n) is 9.34. The van der Waals surface area contributed by atoms with Crippen LogP contribution in [0.3, 0.4) is 0 Å². The van der Waals surface area contributed by atoms with Crippen LogP contribution >= 0.6 is 11.8 Å². The molecule has 0 saturated heterocycles. The van der Waals surface area contributed by atoms with Gasteiger partial charge in [0, 0.05) is 11.0 Å². The molecule has 1 aliphatic heterocycles. The predicted octanol–water partition coefficient (Wildman–Crippen LogP) is 1.21. The number of imide groups is 1. The van der Waals surface area contributed by atoms with Crippen molar-refractivity contribution in [3.05, 3.63) is 41.3 Å². The average molecular weight is 248 g/mol. The first-order valence-electron chi connectivity index (χ1n) is 5.17. The molecule has 0 fully saturated rings. The number of carbonyl (C=O) groups is 2. The zero-order chi connectivity index (χ0) is 12.3. The van der Waals surface area contributed by atoms with E-state index < -0.39 is 0 Å². The monoisotopic (exact) mass is 248 g/mol. The highest BCUT2D eigenvalue weighted by atomic mass is 32.2. The molecule has 0 radical (unpaired) electrons. The van der Waals surface area contributed by atoms with Crippen LogP contribution in [0.1, 0.15) is 0 Å². The van der Waals surface area contributed by atoms with Crippen LogP contribution in [0.15, 0.2) is 46.2 Å². The molecule has 1 aromatic rings. The summed E-state index contributed by atoms with van der Waals surface area (Å²) in [6.45, 7) is 0.243. The Bertz CT molecular complexity index is 471. The van der Waals surface area contributed by atoms with Gasteiger partial charge in [0.05, 0.1) is 11.6 Å². The number of rotatable bonds is 4. The number of hydrogen-bond acceptors (Lipinski definition) is 4. The molecule has 5 heteroatoms. The molecule has 0 bridgehead atoms. The molecular formula is C12H12N2O2S. The molecule has 17 heavy (non-hydrogen) atoms. The van der Waals surface area contributed by atoms with Gasteiger partial charge in [-0.1, -0.05) is 30.0 Å². The number of amides is 2. The highest BCUT2D eigenvalue weighted by molar-refractivity contribution is 8.04. The molecule has 0 aliphatic carbocycles. The number of benzene rings is 1. The van der Waals surface area contributed by atoms with Crippen LogP contribution in [0.5, 0.6) is 0 Å². The normalized spacial score (nSPS) is 15.4. The molecule has 0 atom stereocenters. The molecule has 1 N–H and O–H groups in total. The molecule has 0 saturated carbocycles. The Morgan fingerprint density at radius 1 is 1.24 bits per heavy atom. The van der Waals surface area contributed by atoms with Crippen molar-refractivity contribution in [3.63, 3.8) is 0 Å². The first-order chi connectivity index (χ1) is 8.22. The van der Waals surface area contributed by atoms with Gasteiger partial charge in [-0.25, -0.2) is 0 Å². The van der Waals surface area contributed by atoms with E-state index in [1.807, 2.05) is 30.3 Å². The van der Waals surface area contributed by atoms with Crippen LogP contribution in [0, 0.1) is 0 Å². The van der Waals surface area contributed by atoms with E-state index in [2.05, 4.69) is 5.32 Å². The second kappa shape index (κ2) is 5.16. The van der Waals surface area contributed by atoms with E-state index in [9.17, 15) is 9.59 Å². The van der Waals surface area contributed by atoms with E-state index in [0.717, 1.165) is 4.90 Å². The van der Waals surface area contributed by atoms with Gasteiger partial charge in [-0.2, -0.15) is 0 Å². The Hall–Kier alpha value is -1.59. The Morgan fingerprint density at radius 3 is 2.59 bits per heavy atom. The highest BCUT2D eigenvalue weighted by Crippen LogP contribution is 2.30. The molecule has 0 aromatic heterocycles. The second-order valence-corrected chi connectivity index (χ2v) is 4.62. The molecule has 4 nitrogen and oxygen atoms in total. The molecule has 2 amide bonds. The lowest BCUT2D eigenvalue weighted by Gasteiger charge is -2.13. The van der Waals surface area contributed by atoms with Crippen molar-refractivity contribution >= 4 is 23.6 Å². The number of thioether (sulfide) groups is 1. The van der Waals surface area contributed by atoms with Crippen LogP contribution in [-0.4, -0.2) is 30.4 Å². The van der Waals surface area contributed by atoms with Gasteiger partial charge in [-0.15, -0.1) is 0 Å². The minimum atomic E-state index is -0.261. The van der Waals surface area contributed by atoms with Crippen molar-refractivity contribution < 1.29 is 9.59 Å². The summed E-state index contributed by atoms with van der Waals surface area (Å²) in [5, 5.41) is 2.80. The fourth-order valence-corrected chi connectivity index (χ4v) is 2.39. The summed E-state index contributed by atoms with van der Waals surface area (Å²) in [5.41, 5.74) is 0. The Balaban J connectivity index is 2.11. The van der Waals surface area contributed by atoms with Crippen LogP contribution in [0.4, 0.5) is 0 Å². The lowest BCUT2D eigenvalue weighted by Crippen LogP contribution is -2.37. The fraction of sp³-hybridized carbons (Fsp3) is 0.167. The Morgan fingerprint density at radius 2 is 1.94 bits per heavy atom. The lowest BCUT2D eigenvalue weighted by molar-refractivity contribution is -0.137. The third-order valence-electron chi connectivity index (χ3n) is 2.26. The quantitative estimate of drug-likeness (QED) is 0.814. The minimum Gasteiger partial charge on any atom is -0.302 e. The van der Waals surface area contributed by atoms with Gasteiger partial charge in [0.25, 0.3) is 11.8 Å². The van der Waals surface area contributed by atoms with Crippen LogP contribution in [0.25, 0.3) is 0 Å². The molecule has 0 unspecified atom stereocenters. The van der Waals surface area contributed by atoms with Crippen LogP contribution < -0.4 is 5.32 Å². The number of nitrogens with zero attached hydrogens (tertiary/aromatic N) is 1. The van der Waals surface area contributed by atoms with Crippen molar-refractivity contribution in [1.82, 2.24) is 10.2 Å². The van der Waals surface area contributed by atoms with Gasteiger partial charge < -0.3 is 5.32 Å². The van der Waals surface area contributed by atoms with E-state index in [4.69, 9.17) is 0 Å². The first-order valence-corrected chi connectivity index (χ1v) is 5.99. The number of nitrogens with one attached hydrogen (secondary N) is 1. The molecule has 1 aliphatic rings. The highest BCUT2D eigenvalue weighted by Gasteiger charge is 2.30. The maximum absolute atomic E-state index is 11.9. The largest absolute Gasteiger partial charge is 0.302 e. The average Bonchev–Trinajstić information content (AvgIpc) is 2.59. The van der Waals surface area contributed by atoms with Gasteiger partial charge in [-0.3, -0.25) is 14.5 Å². The molecule has 1 heterocycles. The topological polar surface area (TPSA) is 49.4 Å². The zero-order valence-corrected chi connectivity index (χ0v) is 10.2. The standard InChI is InChI=1S/C12H12N2O2S/c1-13-8-14-11(15)7-10(12(14)16)17-9-5-3-2-4-6-9/h2-7,13H,8H2,1H3. The van der Waals surface area contributed by atoms with E-state index in [0.29, 0.717) is 4.91 Å². The van der Waals surface area contributed by atoms with Crippen molar-refractivity contribution in [2.75, 3.05) is 13.7 Å². The summed E-state index contributed by atoms with van der Waals surface area (Å²) in [7, 11) is 1.70. The molecule has 2 rings (SSSR count). The van der Waals surface area contributed by atoms with Crippen molar-refractivity contribution in [2.45, 2.75) is 4.90 Å². The predicted molar refractivity (Wildman–Crippen MR) is 66.2 cm³/mol. The van der Waals surface area contributed by atoms with Crippen molar-refractivity contribution in [3.8, 4) is 0 Å². The van der Waals surface area contributed by atoms with E-state index >= 15 is 0 Å². The van der Waals surface area contributed by atoms with Gasteiger partial charge >= 0.3 is 0 Å². The van der Waals surface area contributed by atoms with Crippen LogP contribution in [-0.2, 0) is 9.59 Å². The van der Waals surface area contributed by atoms with E-state index in [1.54, 1.807) is 7.05 Å². The summed E-state index contributed by atoms with van der Waals surface area (Å²) in [4.78, 5) is 26.0. The van der Waals surface area contributed by atoms with Crippen molar-refractivity contribution in [2.24, 2.45) is 0 Å². The summed E-state index contributed by atoms with van der Waals surface area (Å²) >= 11 is 1.31. The van der Waals surface area contributed by atoms with Gasteiger partial charge in [-0.05, 0) is 19.2 Å².